The van der Waals surface area contributed by atoms with E-state index < -0.39 is 0 Å². The third kappa shape index (κ3) is 2.31. The van der Waals surface area contributed by atoms with Crippen molar-refractivity contribution < 1.29 is 0 Å². The van der Waals surface area contributed by atoms with Gasteiger partial charge >= 0.3 is 0 Å². The summed E-state index contributed by atoms with van der Waals surface area (Å²) in [6.07, 6.45) is 2.96. The molecular formula is C15H21N3. The van der Waals surface area contributed by atoms with Crippen LogP contribution in [0.2, 0.25) is 0 Å². The summed E-state index contributed by atoms with van der Waals surface area (Å²) in [6, 6.07) is 6.50. The van der Waals surface area contributed by atoms with Gasteiger partial charge in [0, 0.05) is 17.8 Å². The zero-order valence-corrected chi connectivity index (χ0v) is 11.6. The van der Waals surface area contributed by atoms with Crippen LogP contribution < -0.4 is 5.32 Å². The lowest BCUT2D eigenvalue weighted by Gasteiger charge is -2.11. The van der Waals surface area contributed by atoms with E-state index in [0.29, 0.717) is 0 Å². The summed E-state index contributed by atoms with van der Waals surface area (Å²) in [4.78, 5) is 0. The monoisotopic (exact) mass is 243 g/mol. The highest BCUT2D eigenvalue weighted by atomic mass is 15.3. The minimum absolute atomic E-state index is 0.869. The topological polar surface area (TPSA) is 29.9 Å². The zero-order valence-electron chi connectivity index (χ0n) is 11.6. The molecule has 1 heterocycles. The highest BCUT2D eigenvalue weighted by Crippen LogP contribution is 2.20. The second kappa shape index (κ2) is 5.36. The first kappa shape index (κ1) is 12.8. The van der Waals surface area contributed by atoms with E-state index in [1.165, 1.54) is 28.1 Å². The Labute approximate surface area is 109 Å². The summed E-state index contributed by atoms with van der Waals surface area (Å²) in [5.41, 5.74) is 6.28. The molecule has 18 heavy (non-hydrogen) atoms. The van der Waals surface area contributed by atoms with Crippen LogP contribution in [0, 0.1) is 13.8 Å². The molecule has 0 amide bonds. The van der Waals surface area contributed by atoms with Crippen LogP contribution >= 0.6 is 0 Å². The van der Waals surface area contributed by atoms with Gasteiger partial charge in [0.25, 0.3) is 0 Å². The number of benzene rings is 1. The molecule has 0 bridgehead atoms. The van der Waals surface area contributed by atoms with Crippen molar-refractivity contribution in [3.8, 4) is 5.69 Å². The van der Waals surface area contributed by atoms with Gasteiger partial charge in [0.15, 0.2) is 0 Å². The predicted molar refractivity (Wildman–Crippen MR) is 75.2 cm³/mol. The van der Waals surface area contributed by atoms with Crippen LogP contribution in [0.4, 0.5) is 0 Å². The first-order chi connectivity index (χ1) is 8.67. The maximum Gasteiger partial charge on any atom is 0.0680 e. The van der Waals surface area contributed by atoms with Crippen molar-refractivity contribution in [2.24, 2.45) is 0 Å². The maximum atomic E-state index is 4.55. The molecule has 0 saturated carbocycles. The van der Waals surface area contributed by atoms with Gasteiger partial charge in [0.2, 0.25) is 0 Å². The Morgan fingerprint density at radius 2 is 2.06 bits per heavy atom. The van der Waals surface area contributed by atoms with E-state index in [4.69, 9.17) is 0 Å². The number of nitrogens with one attached hydrogen (secondary N) is 1. The Hall–Kier alpha value is -1.61. The summed E-state index contributed by atoms with van der Waals surface area (Å²) in [5.74, 6) is 0. The lowest BCUT2D eigenvalue weighted by Crippen LogP contribution is -2.09. The first-order valence-electron chi connectivity index (χ1n) is 6.45. The van der Waals surface area contributed by atoms with Gasteiger partial charge in [-0.3, -0.25) is 0 Å². The second-order valence-corrected chi connectivity index (χ2v) is 4.70. The van der Waals surface area contributed by atoms with Gasteiger partial charge in [-0.1, -0.05) is 19.1 Å². The molecule has 0 aliphatic heterocycles. The normalized spacial score (nSPS) is 10.9. The Bertz CT molecular complexity index is 541. The largest absolute Gasteiger partial charge is 0.316 e. The smallest absolute Gasteiger partial charge is 0.0680 e. The molecule has 3 nitrogen and oxygen atoms in total. The second-order valence-electron chi connectivity index (χ2n) is 4.70. The average Bonchev–Trinajstić information content (AvgIpc) is 2.75. The van der Waals surface area contributed by atoms with Crippen molar-refractivity contribution in [3.63, 3.8) is 0 Å². The zero-order chi connectivity index (χ0) is 13.1. The first-order valence-corrected chi connectivity index (χ1v) is 6.45. The van der Waals surface area contributed by atoms with Crippen LogP contribution in [0.1, 0.15) is 29.3 Å². The predicted octanol–water partition coefficient (Wildman–Crippen LogP) is 2.77. The molecule has 1 aromatic heterocycles. The molecule has 0 fully saturated rings. The van der Waals surface area contributed by atoms with E-state index in [0.717, 1.165) is 13.0 Å². The van der Waals surface area contributed by atoms with Crippen molar-refractivity contribution in [3.05, 3.63) is 46.8 Å². The van der Waals surface area contributed by atoms with Gasteiger partial charge in [-0.15, -0.1) is 0 Å². The van der Waals surface area contributed by atoms with Crippen LogP contribution in [-0.4, -0.2) is 16.8 Å². The van der Waals surface area contributed by atoms with Crippen LogP contribution in [0.3, 0.4) is 0 Å². The fourth-order valence-electron chi connectivity index (χ4n) is 2.28. The van der Waals surface area contributed by atoms with Gasteiger partial charge in [-0.25, -0.2) is 4.68 Å². The number of hydrogen-bond acceptors (Lipinski definition) is 2. The molecule has 0 spiro atoms. The maximum absolute atomic E-state index is 4.55. The van der Waals surface area contributed by atoms with Crippen molar-refractivity contribution >= 4 is 0 Å². The fourth-order valence-corrected chi connectivity index (χ4v) is 2.28. The van der Waals surface area contributed by atoms with Crippen molar-refractivity contribution in [2.75, 3.05) is 7.05 Å². The Kier molecular flexibility index (Phi) is 3.82. The fraction of sp³-hybridized carbons (Fsp3) is 0.400. The molecule has 0 atom stereocenters. The number of aryl methyl sites for hydroxylation is 2. The van der Waals surface area contributed by atoms with Crippen LogP contribution in [0.5, 0.6) is 0 Å². The summed E-state index contributed by atoms with van der Waals surface area (Å²) >= 11 is 0. The molecule has 0 radical (unpaired) electrons. The lowest BCUT2D eigenvalue weighted by molar-refractivity contribution is 0.776. The van der Waals surface area contributed by atoms with E-state index in [1.54, 1.807) is 0 Å². The molecule has 0 saturated heterocycles. The van der Waals surface area contributed by atoms with E-state index in [2.05, 4.69) is 54.1 Å². The highest BCUT2D eigenvalue weighted by molar-refractivity contribution is 5.44. The van der Waals surface area contributed by atoms with Gasteiger partial charge in [-0.2, -0.15) is 5.10 Å². The molecule has 3 heteroatoms. The molecular weight excluding hydrogens is 222 g/mol. The number of rotatable bonds is 4. The van der Waals surface area contributed by atoms with Crippen molar-refractivity contribution in [1.29, 1.82) is 0 Å². The summed E-state index contributed by atoms with van der Waals surface area (Å²) in [7, 11) is 1.97. The van der Waals surface area contributed by atoms with Gasteiger partial charge in [0.05, 0.1) is 11.9 Å². The van der Waals surface area contributed by atoms with Crippen molar-refractivity contribution in [1.82, 2.24) is 15.1 Å². The van der Waals surface area contributed by atoms with E-state index >= 15 is 0 Å². The molecule has 2 rings (SSSR count). The molecule has 0 aliphatic carbocycles. The minimum Gasteiger partial charge on any atom is -0.316 e. The van der Waals surface area contributed by atoms with E-state index in [1.807, 2.05) is 13.2 Å². The Morgan fingerprint density at radius 3 is 2.72 bits per heavy atom. The molecule has 96 valence electrons. The third-order valence-electron chi connectivity index (χ3n) is 3.25. The number of nitrogens with zero attached hydrogens (tertiary/aromatic N) is 2. The summed E-state index contributed by atoms with van der Waals surface area (Å²) in [6.45, 7) is 7.30. The molecule has 1 N–H and O–H groups in total. The van der Waals surface area contributed by atoms with E-state index in [-0.39, 0.29) is 0 Å². The molecule has 1 aromatic carbocycles. The van der Waals surface area contributed by atoms with Gasteiger partial charge < -0.3 is 5.32 Å². The lowest BCUT2D eigenvalue weighted by atomic mass is 10.1. The SMILES string of the molecule is CCc1c(CNC)cnn1-c1cc(C)ccc1C. The standard InChI is InChI=1S/C15H21N3/c1-5-14-13(9-16-4)10-17-18(14)15-8-11(2)6-7-12(15)3/h6-8,10,16H,5,9H2,1-4H3. The number of hydrogen-bond donors (Lipinski definition) is 1. The van der Waals surface area contributed by atoms with Crippen molar-refractivity contribution in [2.45, 2.75) is 33.7 Å². The highest BCUT2D eigenvalue weighted by Gasteiger charge is 2.11. The molecule has 0 aliphatic rings. The third-order valence-corrected chi connectivity index (χ3v) is 3.25. The Balaban J connectivity index is 2.53. The van der Waals surface area contributed by atoms with Gasteiger partial charge in [-0.05, 0) is 44.5 Å². The summed E-state index contributed by atoms with van der Waals surface area (Å²) < 4.78 is 2.08. The quantitative estimate of drug-likeness (QED) is 0.895. The van der Waals surface area contributed by atoms with E-state index in [9.17, 15) is 0 Å². The average molecular weight is 243 g/mol. The molecule has 2 aromatic rings. The Morgan fingerprint density at radius 1 is 1.28 bits per heavy atom. The van der Waals surface area contributed by atoms with Crippen LogP contribution in [-0.2, 0) is 13.0 Å². The minimum atomic E-state index is 0.869. The molecule has 0 unspecified atom stereocenters. The van der Waals surface area contributed by atoms with Gasteiger partial charge in [0.1, 0.15) is 0 Å². The summed E-state index contributed by atoms with van der Waals surface area (Å²) in [5, 5.41) is 7.75. The van der Waals surface area contributed by atoms with Crippen LogP contribution in [0.15, 0.2) is 24.4 Å². The van der Waals surface area contributed by atoms with Crippen LogP contribution in [0.25, 0.3) is 5.69 Å². The number of aromatic nitrogens is 2.